The van der Waals surface area contributed by atoms with Crippen LogP contribution in [-0.2, 0) is 9.53 Å². The van der Waals surface area contributed by atoms with E-state index < -0.39 is 0 Å². The first-order chi connectivity index (χ1) is 10.3. The maximum Gasteiger partial charge on any atom is 0.238 e. The van der Waals surface area contributed by atoms with Gasteiger partial charge in [-0.25, -0.2) is 4.39 Å². The molecule has 114 valence electrons. The summed E-state index contributed by atoms with van der Waals surface area (Å²) in [7, 11) is 0. The highest BCUT2D eigenvalue weighted by atomic mass is 19.1. The van der Waals surface area contributed by atoms with Crippen LogP contribution >= 0.6 is 0 Å². The van der Waals surface area contributed by atoms with Crippen molar-refractivity contribution >= 4 is 5.91 Å². The summed E-state index contributed by atoms with van der Waals surface area (Å²) in [6, 6.07) is 6.59. The molecule has 5 heteroatoms. The van der Waals surface area contributed by atoms with Crippen molar-refractivity contribution in [2.75, 3.05) is 19.7 Å². The van der Waals surface area contributed by atoms with Crippen molar-refractivity contribution in [2.45, 2.75) is 38.0 Å². The number of nitrogens with one attached hydrogen (secondary N) is 1. The lowest BCUT2D eigenvalue weighted by atomic mass is 10.1. The molecule has 1 aromatic rings. The lowest BCUT2D eigenvalue weighted by Crippen LogP contribution is -2.34. The fraction of sp³-hybridized carbons (Fsp3) is 0.562. The second-order valence-electron chi connectivity index (χ2n) is 5.67. The van der Waals surface area contributed by atoms with Gasteiger partial charge < -0.3 is 9.64 Å². The number of benzene rings is 1. The highest BCUT2D eigenvalue weighted by Gasteiger charge is 2.32. The number of halogens is 1. The predicted molar refractivity (Wildman–Crippen MR) is 77.1 cm³/mol. The summed E-state index contributed by atoms with van der Waals surface area (Å²) in [4.78, 5) is 13.7. The van der Waals surface area contributed by atoms with E-state index in [0.717, 1.165) is 12.8 Å². The Bertz CT molecular complexity index is 503. The van der Waals surface area contributed by atoms with Crippen LogP contribution in [0.1, 0.15) is 37.4 Å². The van der Waals surface area contributed by atoms with Crippen LogP contribution in [0.15, 0.2) is 24.3 Å². The minimum atomic E-state index is -0.383. The zero-order valence-corrected chi connectivity index (χ0v) is 12.1. The van der Waals surface area contributed by atoms with Gasteiger partial charge >= 0.3 is 0 Å². The lowest BCUT2D eigenvalue weighted by Gasteiger charge is -2.25. The number of rotatable bonds is 5. The molecule has 0 bridgehead atoms. The zero-order chi connectivity index (χ0) is 14.7. The van der Waals surface area contributed by atoms with Crippen molar-refractivity contribution in [1.29, 1.82) is 0 Å². The molecule has 1 aromatic carbocycles. The van der Waals surface area contributed by atoms with Crippen LogP contribution in [-0.4, -0.2) is 36.6 Å². The normalized spacial score (nSPS) is 23.2. The smallest absolute Gasteiger partial charge is 0.238 e. The Morgan fingerprint density at radius 3 is 2.81 bits per heavy atom. The first-order valence-electron chi connectivity index (χ1n) is 7.64. The third-order valence-corrected chi connectivity index (χ3v) is 4.27. The lowest BCUT2D eigenvalue weighted by molar-refractivity contribution is -0.129. The number of nitrogens with zero attached hydrogens (tertiary/aromatic N) is 1. The van der Waals surface area contributed by atoms with E-state index >= 15 is 0 Å². The van der Waals surface area contributed by atoms with Gasteiger partial charge in [-0.1, -0.05) is 31.0 Å². The Balaban J connectivity index is 1.61. The highest BCUT2D eigenvalue weighted by molar-refractivity contribution is 5.80. The molecule has 0 spiro atoms. The van der Waals surface area contributed by atoms with Crippen molar-refractivity contribution in [1.82, 2.24) is 10.2 Å². The van der Waals surface area contributed by atoms with Gasteiger partial charge in [-0.15, -0.1) is 0 Å². The van der Waals surface area contributed by atoms with E-state index in [1.165, 1.54) is 18.9 Å². The molecule has 2 fully saturated rings. The molecule has 4 nitrogen and oxygen atoms in total. The summed E-state index contributed by atoms with van der Waals surface area (Å²) in [5.41, 5.74) is 0.518. The maximum atomic E-state index is 13.9. The molecule has 21 heavy (non-hydrogen) atoms. The third kappa shape index (κ3) is 3.24. The molecular weight excluding hydrogens is 271 g/mol. The summed E-state index contributed by atoms with van der Waals surface area (Å²) in [6.07, 6.45) is 4.64. The number of hydrogen-bond acceptors (Lipinski definition) is 3. The minimum Gasteiger partial charge on any atom is -0.376 e. The van der Waals surface area contributed by atoms with Gasteiger partial charge in [0.2, 0.25) is 5.91 Å². The van der Waals surface area contributed by atoms with Crippen LogP contribution in [0.4, 0.5) is 4.39 Å². The SMILES string of the molecule is O=C1CNC(c2ccccc2F)N1CCOC1CCCC1. The van der Waals surface area contributed by atoms with Crippen LogP contribution in [0.5, 0.6) is 0 Å². The number of amides is 1. The zero-order valence-electron chi connectivity index (χ0n) is 12.1. The van der Waals surface area contributed by atoms with Crippen LogP contribution in [0.2, 0.25) is 0 Å². The molecule has 2 aliphatic rings. The molecule has 0 radical (unpaired) electrons. The van der Waals surface area contributed by atoms with Crippen molar-refractivity contribution < 1.29 is 13.9 Å². The largest absolute Gasteiger partial charge is 0.376 e. The van der Waals surface area contributed by atoms with E-state index in [9.17, 15) is 9.18 Å². The Kier molecular flexibility index (Phi) is 4.51. The fourth-order valence-electron chi connectivity index (χ4n) is 3.14. The summed E-state index contributed by atoms with van der Waals surface area (Å²) in [6.45, 7) is 1.27. The molecule has 1 saturated heterocycles. The Labute approximate surface area is 124 Å². The number of carbonyl (C=O) groups excluding carboxylic acids is 1. The maximum absolute atomic E-state index is 13.9. The minimum absolute atomic E-state index is 0.00160. The monoisotopic (exact) mass is 292 g/mol. The molecule has 1 N–H and O–H groups in total. The summed E-state index contributed by atoms with van der Waals surface area (Å²) in [5, 5.41) is 3.07. The first-order valence-corrected chi connectivity index (χ1v) is 7.64. The second kappa shape index (κ2) is 6.54. The van der Waals surface area contributed by atoms with Crippen molar-refractivity contribution in [3.8, 4) is 0 Å². The van der Waals surface area contributed by atoms with Crippen LogP contribution in [0.3, 0.4) is 0 Å². The van der Waals surface area contributed by atoms with Gasteiger partial charge in [0, 0.05) is 12.1 Å². The molecule has 1 amide bonds. The van der Waals surface area contributed by atoms with Crippen molar-refractivity contribution in [2.24, 2.45) is 0 Å². The van der Waals surface area contributed by atoms with Gasteiger partial charge in [0.1, 0.15) is 12.0 Å². The van der Waals surface area contributed by atoms with Crippen molar-refractivity contribution in [3.63, 3.8) is 0 Å². The summed E-state index contributed by atoms with van der Waals surface area (Å²) < 4.78 is 19.7. The van der Waals surface area contributed by atoms with E-state index in [0.29, 0.717) is 24.8 Å². The fourth-order valence-corrected chi connectivity index (χ4v) is 3.14. The molecule has 1 aliphatic heterocycles. The summed E-state index contributed by atoms with van der Waals surface area (Å²) in [5.74, 6) is -0.287. The van der Waals surface area contributed by atoms with Gasteiger partial charge in [0.25, 0.3) is 0 Å². The average molecular weight is 292 g/mol. The molecule has 1 atom stereocenters. The number of hydrogen-bond donors (Lipinski definition) is 1. The molecule has 0 aromatic heterocycles. The first kappa shape index (κ1) is 14.5. The van der Waals surface area contributed by atoms with Crippen LogP contribution in [0, 0.1) is 5.82 Å². The Morgan fingerprint density at radius 1 is 1.29 bits per heavy atom. The molecule has 1 heterocycles. The van der Waals surface area contributed by atoms with Gasteiger partial charge in [-0.05, 0) is 18.9 Å². The molecule has 3 rings (SSSR count). The third-order valence-electron chi connectivity index (χ3n) is 4.27. The predicted octanol–water partition coefficient (Wildman–Crippen LogP) is 2.22. The van der Waals surface area contributed by atoms with Gasteiger partial charge in [0.05, 0.1) is 19.3 Å². The molecule has 1 unspecified atom stereocenters. The molecular formula is C16H21FN2O2. The van der Waals surface area contributed by atoms with E-state index in [2.05, 4.69) is 5.32 Å². The number of carbonyl (C=O) groups is 1. The van der Waals surface area contributed by atoms with Crippen LogP contribution in [0.25, 0.3) is 0 Å². The van der Waals surface area contributed by atoms with E-state index in [1.807, 2.05) is 0 Å². The van der Waals surface area contributed by atoms with Gasteiger partial charge in [-0.3, -0.25) is 10.1 Å². The van der Waals surface area contributed by atoms with Gasteiger partial charge in [0.15, 0.2) is 0 Å². The summed E-state index contributed by atoms with van der Waals surface area (Å²) >= 11 is 0. The Morgan fingerprint density at radius 2 is 2.05 bits per heavy atom. The standard InChI is InChI=1S/C16H21FN2O2/c17-14-8-4-3-7-13(14)16-18-11-15(20)19(16)9-10-21-12-5-1-2-6-12/h3-4,7-8,12,16,18H,1-2,5-6,9-11H2. The Hall–Kier alpha value is -1.46. The van der Waals surface area contributed by atoms with Gasteiger partial charge in [-0.2, -0.15) is 0 Å². The van der Waals surface area contributed by atoms with E-state index in [-0.39, 0.29) is 24.4 Å². The van der Waals surface area contributed by atoms with E-state index in [1.54, 1.807) is 23.1 Å². The van der Waals surface area contributed by atoms with E-state index in [4.69, 9.17) is 4.74 Å². The number of ether oxygens (including phenoxy) is 1. The van der Waals surface area contributed by atoms with Crippen molar-refractivity contribution in [3.05, 3.63) is 35.6 Å². The second-order valence-corrected chi connectivity index (χ2v) is 5.67. The molecule has 1 aliphatic carbocycles. The highest BCUT2D eigenvalue weighted by Crippen LogP contribution is 2.25. The molecule has 1 saturated carbocycles. The quantitative estimate of drug-likeness (QED) is 0.904. The topological polar surface area (TPSA) is 41.6 Å². The van der Waals surface area contributed by atoms with Crippen LogP contribution < -0.4 is 5.32 Å². The average Bonchev–Trinajstić information content (AvgIpc) is 3.11.